The molecule has 1 atom stereocenters. The predicted molar refractivity (Wildman–Crippen MR) is 144 cm³/mol. The molecular weight excluding hydrogens is 605 g/mol. The van der Waals surface area contributed by atoms with Gasteiger partial charge in [0.15, 0.2) is 5.13 Å². The number of rotatable bonds is 5. The van der Waals surface area contributed by atoms with Crippen molar-refractivity contribution < 1.29 is 36.2 Å². The average Bonchev–Trinajstić information content (AvgIpc) is 3.24. The number of carbonyl (C=O) groups is 1. The number of piperazine rings is 1. The number of amides is 1. The maximum Gasteiger partial charge on any atom is 0.416 e. The number of anilines is 1. The molecule has 40 heavy (non-hydrogen) atoms. The standard InChI is InChI=1S/C25H24F6N4O2S.2ClH/c1-14-2-3-15(7-21(14)36)6-20-12-34(11-19-13-38-23(32)33-19)4-5-35(20)22(37)16-8-17(24(26,27)28)10-18(9-16)25(29,30)31;;/h2-3,7-10,13,20,36H,4-6,11-12H2,1H3,(H2,32,33);2*1H/t20-;;/m1../s1. The van der Waals surface area contributed by atoms with E-state index in [1.165, 1.54) is 22.3 Å². The summed E-state index contributed by atoms with van der Waals surface area (Å²) in [5.41, 5.74) is 3.93. The molecule has 6 nitrogen and oxygen atoms in total. The van der Waals surface area contributed by atoms with Gasteiger partial charge >= 0.3 is 12.4 Å². The number of alkyl halides is 6. The molecule has 3 N–H and O–H groups in total. The van der Waals surface area contributed by atoms with Gasteiger partial charge in [-0.05, 0) is 48.7 Å². The van der Waals surface area contributed by atoms with E-state index in [-0.39, 0.29) is 56.1 Å². The van der Waals surface area contributed by atoms with Crippen LogP contribution in [-0.4, -0.2) is 51.5 Å². The van der Waals surface area contributed by atoms with E-state index in [1.54, 1.807) is 24.4 Å². The van der Waals surface area contributed by atoms with Crippen molar-refractivity contribution in [2.45, 2.75) is 38.3 Å². The molecule has 0 spiro atoms. The molecule has 0 bridgehead atoms. The Hall–Kier alpha value is -2.74. The van der Waals surface area contributed by atoms with Gasteiger partial charge in [-0.2, -0.15) is 26.3 Å². The number of aromatic hydroxyl groups is 1. The third kappa shape index (κ3) is 7.93. The van der Waals surface area contributed by atoms with Crippen molar-refractivity contribution >= 4 is 47.2 Å². The van der Waals surface area contributed by atoms with Crippen LogP contribution in [0.3, 0.4) is 0 Å². The van der Waals surface area contributed by atoms with Crippen molar-refractivity contribution in [3.63, 3.8) is 0 Å². The van der Waals surface area contributed by atoms with Gasteiger partial charge in [-0.3, -0.25) is 9.69 Å². The number of aryl methyl sites for hydroxylation is 1. The van der Waals surface area contributed by atoms with Crippen molar-refractivity contribution in [3.05, 3.63) is 75.3 Å². The topological polar surface area (TPSA) is 82.7 Å². The van der Waals surface area contributed by atoms with Crippen molar-refractivity contribution in [1.82, 2.24) is 14.8 Å². The third-order valence-electron chi connectivity index (χ3n) is 6.36. The zero-order valence-corrected chi connectivity index (χ0v) is 23.4. The Morgan fingerprint density at radius 1 is 1.05 bits per heavy atom. The second kappa shape index (κ2) is 12.8. The van der Waals surface area contributed by atoms with Crippen LogP contribution in [0.25, 0.3) is 0 Å². The monoisotopic (exact) mass is 630 g/mol. The van der Waals surface area contributed by atoms with Crippen LogP contribution < -0.4 is 5.73 Å². The van der Waals surface area contributed by atoms with E-state index in [1.807, 2.05) is 4.90 Å². The maximum absolute atomic E-state index is 13.4. The Morgan fingerprint density at radius 3 is 2.20 bits per heavy atom. The number of halogens is 8. The van der Waals surface area contributed by atoms with Crippen molar-refractivity contribution in [2.75, 3.05) is 25.4 Å². The first-order chi connectivity index (χ1) is 17.7. The van der Waals surface area contributed by atoms with E-state index in [0.717, 1.165) is 0 Å². The number of benzene rings is 2. The van der Waals surface area contributed by atoms with E-state index < -0.39 is 41.0 Å². The molecule has 1 aliphatic heterocycles. The number of nitrogens with zero attached hydrogens (tertiary/aromatic N) is 3. The smallest absolute Gasteiger partial charge is 0.416 e. The molecule has 15 heteroatoms. The number of hydrogen-bond acceptors (Lipinski definition) is 6. The second-order valence-electron chi connectivity index (χ2n) is 9.18. The average molecular weight is 631 g/mol. The second-order valence-corrected chi connectivity index (χ2v) is 10.1. The minimum Gasteiger partial charge on any atom is -0.508 e. The molecule has 1 amide bonds. The minimum absolute atomic E-state index is 0. The molecule has 1 aromatic heterocycles. The van der Waals surface area contributed by atoms with Crippen LogP contribution in [0.2, 0.25) is 0 Å². The van der Waals surface area contributed by atoms with Gasteiger partial charge in [0.1, 0.15) is 5.75 Å². The van der Waals surface area contributed by atoms with Gasteiger partial charge in [-0.15, -0.1) is 36.2 Å². The minimum atomic E-state index is -5.07. The molecule has 3 aromatic rings. The first-order valence-corrected chi connectivity index (χ1v) is 12.4. The summed E-state index contributed by atoms with van der Waals surface area (Å²) in [4.78, 5) is 21.0. The van der Waals surface area contributed by atoms with Crippen LogP contribution in [0.4, 0.5) is 31.5 Å². The van der Waals surface area contributed by atoms with Gasteiger partial charge in [-0.1, -0.05) is 12.1 Å². The fraction of sp³-hybridized carbons (Fsp3) is 0.360. The van der Waals surface area contributed by atoms with Gasteiger partial charge in [0.25, 0.3) is 5.91 Å². The lowest BCUT2D eigenvalue weighted by molar-refractivity contribution is -0.143. The van der Waals surface area contributed by atoms with Crippen LogP contribution in [0.5, 0.6) is 5.75 Å². The molecule has 220 valence electrons. The largest absolute Gasteiger partial charge is 0.508 e. The summed E-state index contributed by atoms with van der Waals surface area (Å²) in [7, 11) is 0. The van der Waals surface area contributed by atoms with E-state index in [0.29, 0.717) is 47.2 Å². The predicted octanol–water partition coefficient (Wildman–Crippen LogP) is 6.19. The van der Waals surface area contributed by atoms with Crippen LogP contribution in [0, 0.1) is 6.92 Å². The molecule has 0 unspecified atom stereocenters. The number of phenolic OH excluding ortho intramolecular Hbond substituents is 1. The van der Waals surface area contributed by atoms with E-state index in [2.05, 4.69) is 4.98 Å². The van der Waals surface area contributed by atoms with Crippen LogP contribution >= 0.6 is 36.2 Å². The Morgan fingerprint density at radius 2 is 1.68 bits per heavy atom. The Bertz CT molecular complexity index is 1300. The molecule has 1 aliphatic rings. The summed E-state index contributed by atoms with van der Waals surface area (Å²) in [5.74, 6) is -0.890. The van der Waals surface area contributed by atoms with Crippen LogP contribution in [-0.2, 0) is 25.3 Å². The number of phenols is 1. The van der Waals surface area contributed by atoms with E-state index in [4.69, 9.17) is 5.73 Å². The van der Waals surface area contributed by atoms with E-state index >= 15 is 0 Å². The summed E-state index contributed by atoms with van der Waals surface area (Å²) in [6.07, 6.45) is -9.91. The molecule has 2 heterocycles. The number of hydrogen-bond donors (Lipinski definition) is 2. The summed E-state index contributed by atoms with van der Waals surface area (Å²) >= 11 is 1.27. The normalized spacial score (nSPS) is 16.3. The van der Waals surface area contributed by atoms with Gasteiger partial charge in [0.05, 0.1) is 16.8 Å². The van der Waals surface area contributed by atoms with Gasteiger partial charge in [0.2, 0.25) is 0 Å². The lowest BCUT2D eigenvalue weighted by atomic mass is 9.98. The van der Waals surface area contributed by atoms with Gasteiger partial charge in [-0.25, -0.2) is 4.98 Å². The zero-order chi connectivity index (χ0) is 27.8. The Balaban J connectivity index is 0.00000280. The van der Waals surface area contributed by atoms with Crippen molar-refractivity contribution in [1.29, 1.82) is 0 Å². The summed E-state index contributed by atoms with van der Waals surface area (Å²) in [5, 5.41) is 12.3. The summed E-state index contributed by atoms with van der Waals surface area (Å²) in [6, 6.07) is 5.29. The van der Waals surface area contributed by atoms with Crippen molar-refractivity contribution in [3.8, 4) is 5.75 Å². The molecule has 2 aromatic carbocycles. The third-order valence-corrected chi connectivity index (χ3v) is 7.09. The number of nitrogen functional groups attached to an aromatic ring is 1. The highest BCUT2D eigenvalue weighted by molar-refractivity contribution is 7.13. The SMILES string of the molecule is Cc1ccc(C[C@@H]2CN(Cc3csc(N)n3)CCN2C(=O)c2cc(C(F)(F)F)cc(C(F)(F)F)c2)cc1O.Cl.Cl. The number of aromatic nitrogens is 1. The summed E-state index contributed by atoms with van der Waals surface area (Å²) < 4.78 is 80.4. The molecule has 0 aliphatic carbocycles. The molecule has 0 radical (unpaired) electrons. The Labute approximate surface area is 242 Å². The lowest BCUT2D eigenvalue weighted by Crippen LogP contribution is -2.55. The molecule has 1 fully saturated rings. The molecule has 4 rings (SSSR count). The molecule has 1 saturated heterocycles. The quantitative estimate of drug-likeness (QED) is 0.329. The van der Waals surface area contributed by atoms with Crippen molar-refractivity contribution in [2.24, 2.45) is 0 Å². The lowest BCUT2D eigenvalue weighted by Gasteiger charge is -2.41. The highest BCUT2D eigenvalue weighted by Gasteiger charge is 2.39. The summed E-state index contributed by atoms with van der Waals surface area (Å²) in [6.45, 7) is 2.79. The fourth-order valence-electron chi connectivity index (χ4n) is 4.43. The van der Waals surface area contributed by atoms with Gasteiger partial charge < -0.3 is 15.7 Å². The Kier molecular flexibility index (Phi) is 10.7. The number of nitrogens with two attached hydrogens (primary N) is 1. The van der Waals surface area contributed by atoms with Crippen LogP contribution in [0.1, 0.15) is 38.3 Å². The number of carbonyl (C=O) groups excluding carboxylic acids is 1. The maximum atomic E-state index is 13.4. The number of thiazole rings is 1. The highest BCUT2D eigenvalue weighted by Crippen LogP contribution is 2.37. The molecular formula is C25H26Cl2F6N4O2S. The zero-order valence-electron chi connectivity index (χ0n) is 20.9. The fourth-order valence-corrected chi connectivity index (χ4v) is 4.98. The highest BCUT2D eigenvalue weighted by atomic mass is 35.5. The molecule has 0 saturated carbocycles. The first kappa shape index (κ1) is 33.5. The van der Waals surface area contributed by atoms with Gasteiger partial charge in [0, 0.05) is 43.2 Å². The van der Waals surface area contributed by atoms with E-state index in [9.17, 15) is 36.2 Å². The van der Waals surface area contributed by atoms with Crippen LogP contribution in [0.15, 0.2) is 41.8 Å². The first-order valence-electron chi connectivity index (χ1n) is 11.5.